The van der Waals surface area contributed by atoms with Crippen molar-refractivity contribution in [3.63, 3.8) is 0 Å². The number of hydrogen-bond acceptors (Lipinski definition) is 2. The van der Waals surface area contributed by atoms with E-state index in [0.717, 1.165) is 18.8 Å². The molecule has 4 nitrogen and oxygen atoms in total. The van der Waals surface area contributed by atoms with Crippen LogP contribution in [-0.2, 0) is 11.3 Å². The van der Waals surface area contributed by atoms with Gasteiger partial charge in [-0.1, -0.05) is 37.3 Å². The lowest BCUT2D eigenvalue weighted by Crippen LogP contribution is -2.39. The molecule has 0 aliphatic heterocycles. The molecule has 2 aromatic rings. The number of rotatable bonds is 5. The Balaban J connectivity index is 1.63. The summed E-state index contributed by atoms with van der Waals surface area (Å²) < 4.78 is 1.73. The molecule has 0 bridgehead atoms. The minimum atomic E-state index is -0.0557. The molecule has 1 aromatic carbocycles. The van der Waals surface area contributed by atoms with Gasteiger partial charge in [-0.25, -0.2) is 0 Å². The monoisotopic (exact) mass is 324 g/mol. The van der Waals surface area contributed by atoms with E-state index in [1.54, 1.807) is 29.0 Å². The van der Waals surface area contributed by atoms with Gasteiger partial charge in [0.15, 0.2) is 0 Å². The number of amides is 1. The van der Waals surface area contributed by atoms with Crippen LogP contribution in [0.1, 0.15) is 48.7 Å². The van der Waals surface area contributed by atoms with Crippen LogP contribution in [0.25, 0.3) is 0 Å². The molecule has 1 aromatic heterocycles. The Morgan fingerprint density at radius 2 is 1.75 bits per heavy atom. The first-order chi connectivity index (χ1) is 11.6. The largest absolute Gasteiger partial charge is 0.352 e. The highest BCUT2D eigenvalue weighted by atomic mass is 16.2. The topological polar surface area (TPSA) is 51.1 Å². The first-order valence-corrected chi connectivity index (χ1v) is 8.67. The number of benzene rings is 1. The highest BCUT2D eigenvalue weighted by molar-refractivity contribution is 6.08. The Hall–Kier alpha value is -2.36. The van der Waals surface area contributed by atoms with Crippen molar-refractivity contribution in [2.75, 3.05) is 0 Å². The molecule has 126 valence electrons. The molecule has 1 heterocycles. The highest BCUT2D eigenvalue weighted by Crippen LogP contribution is 2.23. The van der Waals surface area contributed by atoms with Gasteiger partial charge in [0.25, 0.3) is 0 Å². The standard InChI is InChI=1S/C20H24N2O2/c1-15-9-11-17(12-10-15)21-19(23)14-22-13-5-8-18(22)20(24)16-6-3-2-4-7-16/h2-8,13,15,17H,9-12,14H2,1H3,(H,21,23). The van der Waals surface area contributed by atoms with Crippen LogP contribution in [0.2, 0.25) is 0 Å². The van der Waals surface area contributed by atoms with Crippen LogP contribution in [-0.4, -0.2) is 22.3 Å². The van der Waals surface area contributed by atoms with E-state index in [4.69, 9.17) is 0 Å². The molecule has 1 fully saturated rings. The number of carbonyl (C=O) groups excluding carboxylic acids is 2. The predicted molar refractivity (Wildman–Crippen MR) is 93.9 cm³/mol. The number of ketones is 1. The van der Waals surface area contributed by atoms with E-state index in [2.05, 4.69) is 12.2 Å². The highest BCUT2D eigenvalue weighted by Gasteiger charge is 2.20. The fourth-order valence-electron chi connectivity index (χ4n) is 3.33. The molecule has 0 atom stereocenters. The van der Waals surface area contributed by atoms with E-state index >= 15 is 0 Å². The van der Waals surface area contributed by atoms with Crippen molar-refractivity contribution in [3.8, 4) is 0 Å². The Kier molecular flexibility index (Phi) is 5.14. The van der Waals surface area contributed by atoms with Gasteiger partial charge in [-0.2, -0.15) is 0 Å². The van der Waals surface area contributed by atoms with Crippen LogP contribution < -0.4 is 5.32 Å². The second-order valence-corrected chi connectivity index (χ2v) is 6.74. The number of nitrogens with one attached hydrogen (secondary N) is 1. The molecule has 1 amide bonds. The van der Waals surface area contributed by atoms with Crippen LogP contribution in [0.5, 0.6) is 0 Å². The molecule has 24 heavy (non-hydrogen) atoms. The Labute approximate surface area is 142 Å². The Morgan fingerprint density at radius 1 is 1.04 bits per heavy atom. The molecule has 3 rings (SSSR count). The molecule has 1 saturated carbocycles. The quantitative estimate of drug-likeness (QED) is 0.857. The zero-order valence-electron chi connectivity index (χ0n) is 14.1. The van der Waals surface area contributed by atoms with E-state index in [9.17, 15) is 9.59 Å². The summed E-state index contributed by atoms with van der Waals surface area (Å²) in [6, 6.07) is 13.0. The van der Waals surface area contributed by atoms with Crippen LogP contribution in [0.3, 0.4) is 0 Å². The van der Waals surface area contributed by atoms with E-state index in [1.807, 2.05) is 24.3 Å². The van der Waals surface area contributed by atoms with Crippen molar-refractivity contribution in [2.24, 2.45) is 5.92 Å². The van der Waals surface area contributed by atoms with Gasteiger partial charge >= 0.3 is 0 Å². The normalized spacial score (nSPS) is 20.5. The summed E-state index contributed by atoms with van der Waals surface area (Å²) in [4.78, 5) is 24.9. The molecule has 4 heteroatoms. The molecule has 0 unspecified atom stereocenters. The Bertz CT molecular complexity index is 697. The lowest BCUT2D eigenvalue weighted by Gasteiger charge is -2.27. The maximum absolute atomic E-state index is 12.6. The van der Waals surface area contributed by atoms with Crippen molar-refractivity contribution in [1.29, 1.82) is 0 Å². The zero-order valence-corrected chi connectivity index (χ0v) is 14.1. The smallest absolute Gasteiger partial charge is 0.240 e. The van der Waals surface area contributed by atoms with Gasteiger partial charge in [0.2, 0.25) is 11.7 Å². The average Bonchev–Trinajstić information content (AvgIpc) is 3.05. The van der Waals surface area contributed by atoms with Crippen LogP contribution >= 0.6 is 0 Å². The molecule has 1 aliphatic rings. The molecule has 0 saturated heterocycles. The second kappa shape index (κ2) is 7.47. The molecule has 1 N–H and O–H groups in total. The van der Waals surface area contributed by atoms with E-state index < -0.39 is 0 Å². The summed E-state index contributed by atoms with van der Waals surface area (Å²) in [7, 11) is 0. The minimum absolute atomic E-state index is 0.0205. The molecular formula is C20H24N2O2. The average molecular weight is 324 g/mol. The zero-order chi connectivity index (χ0) is 16.9. The summed E-state index contributed by atoms with van der Waals surface area (Å²) in [5.41, 5.74) is 1.19. The lowest BCUT2D eigenvalue weighted by molar-refractivity contribution is -0.122. The van der Waals surface area contributed by atoms with Crippen molar-refractivity contribution >= 4 is 11.7 Å². The van der Waals surface area contributed by atoms with E-state index in [-0.39, 0.29) is 24.3 Å². The summed E-state index contributed by atoms with van der Waals surface area (Å²) in [6.07, 6.45) is 6.24. The van der Waals surface area contributed by atoms with Crippen molar-refractivity contribution < 1.29 is 9.59 Å². The minimum Gasteiger partial charge on any atom is -0.352 e. The third-order valence-electron chi connectivity index (χ3n) is 4.79. The van der Waals surface area contributed by atoms with Gasteiger partial charge in [-0.3, -0.25) is 9.59 Å². The van der Waals surface area contributed by atoms with Gasteiger partial charge in [0.05, 0.1) is 5.69 Å². The predicted octanol–water partition coefficient (Wildman–Crippen LogP) is 3.41. The van der Waals surface area contributed by atoms with Gasteiger partial charge < -0.3 is 9.88 Å². The van der Waals surface area contributed by atoms with Crippen LogP contribution in [0, 0.1) is 5.92 Å². The Morgan fingerprint density at radius 3 is 2.46 bits per heavy atom. The second-order valence-electron chi connectivity index (χ2n) is 6.74. The summed E-state index contributed by atoms with van der Waals surface area (Å²) in [5.74, 6) is 0.686. The van der Waals surface area contributed by atoms with Crippen LogP contribution in [0.4, 0.5) is 0 Å². The van der Waals surface area contributed by atoms with E-state index in [1.165, 1.54) is 12.8 Å². The van der Waals surface area contributed by atoms with E-state index in [0.29, 0.717) is 11.3 Å². The third kappa shape index (κ3) is 3.94. The summed E-state index contributed by atoms with van der Waals surface area (Å²) in [5, 5.41) is 3.11. The third-order valence-corrected chi connectivity index (χ3v) is 4.79. The molecule has 1 aliphatic carbocycles. The van der Waals surface area contributed by atoms with Crippen LogP contribution in [0.15, 0.2) is 48.7 Å². The number of carbonyl (C=O) groups is 2. The number of hydrogen-bond donors (Lipinski definition) is 1. The summed E-state index contributed by atoms with van der Waals surface area (Å²) >= 11 is 0. The van der Waals surface area contributed by atoms with Gasteiger partial charge in [0, 0.05) is 17.8 Å². The van der Waals surface area contributed by atoms with Crippen molar-refractivity contribution in [3.05, 3.63) is 59.9 Å². The lowest BCUT2D eigenvalue weighted by atomic mass is 9.87. The summed E-state index contributed by atoms with van der Waals surface area (Å²) in [6.45, 7) is 2.45. The maximum atomic E-state index is 12.6. The van der Waals surface area contributed by atoms with Crippen molar-refractivity contribution in [2.45, 2.75) is 45.2 Å². The van der Waals surface area contributed by atoms with Gasteiger partial charge in [0.1, 0.15) is 6.54 Å². The van der Waals surface area contributed by atoms with Gasteiger partial charge in [-0.05, 0) is 43.7 Å². The van der Waals surface area contributed by atoms with Gasteiger partial charge in [-0.15, -0.1) is 0 Å². The first-order valence-electron chi connectivity index (χ1n) is 8.67. The molecular weight excluding hydrogens is 300 g/mol. The molecule has 0 spiro atoms. The number of nitrogens with zero attached hydrogens (tertiary/aromatic N) is 1. The fourth-order valence-corrected chi connectivity index (χ4v) is 3.33. The first kappa shape index (κ1) is 16.5. The maximum Gasteiger partial charge on any atom is 0.240 e. The van der Waals surface area contributed by atoms with Crippen molar-refractivity contribution in [1.82, 2.24) is 9.88 Å². The fraction of sp³-hybridized carbons (Fsp3) is 0.400. The SMILES string of the molecule is CC1CCC(NC(=O)Cn2cccc2C(=O)c2ccccc2)CC1. The number of aromatic nitrogens is 1. The molecule has 0 radical (unpaired) electrons.